The van der Waals surface area contributed by atoms with E-state index in [0.717, 1.165) is 55.8 Å². The molecule has 2 aliphatic carbocycles. The number of hydrogen-bond donors (Lipinski definition) is 1. The van der Waals surface area contributed by atoms with Gasteiger partial charge in [0, 0.05) is 86.4 Å². The van der Waals surface area contributed by atoms with E-state index in [1.807, 2.05) is 29.2 Å². The van der Waals surface area contributed by atoms with E-state index in [-0.39, 0.29) is 70.7 Å². The van der Waals surface area contributed by atoms with E-state index < -0.39 is 29.5 Å². The molecule has 0 aromatic heterocycles. The number of ketones is 2. The summed E-state index contributed by atoms with van der Waals surface area (Å²) in [6.45, 7) is 13.7. The summed E-state index contributed by atoms with van der Waals surface area (Å²) in [5.41, 5.74) is 1.61. The second kappa shape index (κ2) is 15.4. The normalized spacial score (nSPS) is 25.1. The number of fused-ring (bicyclic) bond motifs is 1. The zero-order valence-corrected chi connectivity index (χ0v) is 34.5. The third kappa shape index (κ3) is 7.35. The van der Waals surface area contributed by atoms with Crippen LogP contribution in [0.5, 0.6) is 5.75 Å². The van der Waals surface area contributed by atoms with Crippen LogP contribution in [0.1, 0.15) is 90.0 Å². The van der Waals surface area contributed by atoms with Crippen LogP contribution in [0.3, 0.4) is 0 Å². The van der Waals surface area contributed by atoms with Gasteiger partial charge in [0.05, 0.1) is 39.9 Å². The second-order valence-electron chi connectivity index (χ2n) is 17.8. The minimum atomic E-state index is -0.993. The lowest BCUT2D eigenvalue weighted by atomic mass is 9.49. The maximum Gasteiger partial charge on any atom is 0.262 e. The number of nitriles is 1. The quantitative estimate of drug-likeness (QED) is 0.205. The van der Waals surface area contributed by atoms with Gasteiger partial charge in [-0.2, -0.15) is 5.26 Å². The number of halogens is 2. The summed E-state index contributed by atoms with van der Waals surface area (Å²) in [5, 5.41) is 12.8. The summed E-state index contributed by atoms with van der Waals surface area (Å²) < 4.78 is 21.9. The van der Waals surface area contributed by atoms with Crippen LogP contribution in [0, 0.1) is 33.9 Å². The van der Waals surface area contributed by atoms with Gasteiger partial charge in [0.2, 0.25) is 0 Å². The average Bonchev–Trinajstić information content (AvgIpc) is 3.76. The molecule has 3 amide bonds. The maximum absolute atomic E-state index is 15.5. The van der Waals surface area contributed by atoms with Crippen molar-refractivity contribution in [1.29, 1.82) is 5.26 Å². The summed E-state index contributed by atoms with van der Waals surface area (Å²) in [7, 11) is 0. The zero-order chi connectivity index (χ0) is 42.0. The molecule has 0 radical (unpaired) electrons. The SMILES string of the molecule is CC1(C)C(NC(=O)c2ccc(N3CCN(C[C@H]4CCN(c5cc6c(cc5F)C(=O)N(C5CCC(=O)CC5=O)C6=O)C4)CC3)cc2)C(C)(C)C1Oc1ccc(C#N)c(Cl)c1. The Kier molecular flexibility index (Phi) is 10.5. The van der Waals surface area contributed by atoms with Crippen LogP contribution >= 0.6 is 11.6 Å². The highest BCUT2D eigenvalue weighted by molar-refractivity contribution is 6.31. The Bertz CT molecular complexity index is 2270. The van der Waals surface area contributed by atoms with E-state index in [4.69, 9.17) is 16.3 Å². The smallest absolute Gasteiger partial charge is 0.262 e. The number of nitrogens with zero attached hydrogens (tertiary/aromatic N) is 5. The largest absolute Gasteiger partial charge is 0.489 e. The Balaban J connectivity index is 0.818. The monoisotopic (exact) mass is 822 g/mol. The number of piperazine rings is 1. The Morgan fingerprint density at radius 3 is 2.22 bits per heavy atom. The van der Waals surface area contributed by atoms with Gasteiger partial charge >= 0.3 is 0 Å². The molecule has 1 unspecified atom stereocenters. The van der Waals surface area contributed by atoms with Crippen LogP contribution in [0.25, 0.3) is 0 Å². The van der Waals surface area contributed by atoms with E-state index in [1.54, 1.807) is 18.2 Å². The fraction of sp³-hybridized carbons (Fsp3) is 0.467. The van der Waals surface area contributed by atoms with Gasteiger partial charge in [-0.25, -0.2) is 4.39 Å². The van der Waals surface area contributed by atoms with Crippen molar-refractivity contribution in [2.45, 2.75) is 71.6 Å². The first-order valence-corrected chi connectivity index (χ1v) is 20.7. The number of imide groups is 1. The van der Waals surface area contributed by atoms with Gasteiger partial charge in [0.1, 0.15) is 29.5 Å². The first-order valence-electron chi connectivity index (χ1n) is 20.3. The fourth-order valence-corrected chi connectivity index (χ4v) is 10.5. The third-order valence-electron chi connectivity index (χ3n) is 13.2. The summed E-state index contributed by atoms with van der Waals surface area (Å²) in [4.78, 5) is 71.9. The fourth-order valence-electron chi connectivity index (χ4n) is 10.3. The molecule has 59 heavy (non-hydrogen) atoms. The van der Waals surface area contributed by atoms with Crippen LogP contribution in [0.2, 0.25) is 5.02 Å². The zero-order valence-electron chi connectivity index (χ0n) is 33.7. The predicted octanol–water partition coefficient (Wildman–Crippen LogP) is 5.90. The lowest BCUT2D eigenvalue weighted by molar-refractivity contribution is -0.164. The van der Waals surface area contributed by atoms with Crippen molar-refractivity contribution in [1.82, 2.24) is 15.1 Å². The van der Waals surface area contributed by atoms with Gasteiger partial charge in [-0.15, -0.1) is 0 Å². The van der Waals surface area contributed by atoms with Gasteiger partial charge in [-0.1, -0.05) is 39.3 Å². The first-order chi connectivity index (χ1) is 28.1. The molecule has 1 N–H and O–H groups in total. The average molecular weight is 823 g/mol. The van der Waals surface area contributed by atoms with Crippen molar-refractivity contribution in [3.8, 4) is 11.8 Å². The van der Waals surface area contributed by atoms with Gasteiger partial charge in [-0.3, -0.25) is 33.8 Å². The van der Waals surface area contributed by atoms with Gasteiger partial charge in [-0.05, 0) is 67.3 Å². The van der Waals surface area contributed by atoms with Crippen LogP contribution in [0.15, 0.2) is 54.6 Å². The lowest BCUT2D eigenvalue weighted by Crippen LogP contribution is -2.74. The maximum atomic E-state index is 15.5. The van der Waals surface area contributed by atoms with Crippen LogP contribution < -0.4 is 19.9 Å². The Labute approximate surface area is 348 Å². The lowest BCUT2D eigenvalue weighted by Gasteiger charge is -2.63. The van der Waals surface area contributed by atoms with Crippen molar-refractivity contribution in [2.75, 3.05) is 55.6 Å². The number of hydrogen-bond acceptors (Lipinski definition) is 10. The Hall–Kier alpha value is -5.32. The molecule has 3 aliphatic heterocycles. The standard InChI is InChI=1S/C45H48ClFN6O6/c1-44(2)42(45(3,4)43(44)59-31-11-7-28(23-48)34(46)20-31)49-39(56)27-5-8-29(9-6-27)51-17-15-50(16-18-51)24-26-13-14-52(25-26)37-22-33-32(21-35(37)47)40(57)53(41(33)58)36-12-10-30(54)19-38(36)55/h5-9,11,20-22,26,36,42-43H,10,12-19,24-25H2,1-4H3,(H,49,56)/t26-,36?,42?,43?/m1/s1. The van der Waals surface area contributed by atoms with Crippen molar-refractivity contribution in [3.63, 3.8) is 0 Å². The Morgan fingerprint density at radius 2 is 1.58 bits per heavy atom. The van der Waals surface area contributed by atoms with Crippen molar-refractivity contribution >= 4 is 52.3 Å². The molecule has 0 spiro atoms. The van der Waals surface area contributed by atoms with Crippen LogP contribution in [-0.4, -0.2) is 103 Å². The molecule has 4 fully saturated rings. The minimum absolute atomic E-state index is 0.0393. The Morgan fingerprint density at radius 1 is 0.898 bits per heavy atom. The molecule has 12 nitrogen and oxygen atoms in total. The molecular formula is C45H48ClFN6O6. The first kappa shape index (κ1) is 40.5. The number of benzene rings is 3. The summed E-state index contributed by atoms with van der Waals surface area (Å²) in [6, 6.07) is 16.3. The number of amides is 3. The molecule has 308 valence electrons. The minimum Gasteiger partial charge on any atom is -0.489 e. The van der Waals surface area contributed by atoms with Crippen molar-refractivity contribution in [2.24, 2.45) is 16.7 Å². The highest BCUT2D eigenvalue weighted by Crippen LogP contribution is 2.55. The van der Waals surface area contributed by atoms with E-state index in [0.29, 0.717) is 40.9 Å². The number of ether oxygens (including phenoxy) is 1. The molecule has 8 rings (SSSR count). The highest BCUT2D eigenvalue weighted by Gasteiger charge is 2.64. The van der Waals surface area contributed by atoms with E-state index in [1.165, 1.54) is 6.07 Å². The third-order valence-corrected chi connectivity index (χ3v) is 13.5. The molecule has 14 heteroatoms. The number of nitrogens with one attached hydrogen (secondary N) is 1. The van der Waals surface area contributed by atoms with E-state index >= 15 is 4.39 Å². The second-order valence-corrected chi connectivity index (χ2v) is 18.2. The molecule has 2 saturated heterocycles. The van der Waals surface area contributed by atoms with Crippen molar-refractivity contribution in [3.05, 3.63) is 87.7 Å². The highest BCUT2D eigenvalue weighted by atomic mass is 35.5. The van der Waals surface area contributed by atoms with Gasteiger partial charge < -0.3 is 19.9 Å². The van der Waals surface area contributed by atoms with Crippen LogP contribution in [-0.2, 0) is 9.59 Å². The topological polar surface area (TPSA) is 143 Å². The molecule has 3 aromatic rings. The van der Waals surface area contributed by atoms with E-state index in [9.17, 15) is 29.2 Å². The molecular weight excluding hydrogens is 775 g/mol. The predicted molar refractivity (Wildman–Crippen MR) is 219 cm³/mol. The van der Waals surface area contributed by atoms with E-state index in [2.05, 4.69) is 48.9 Å². The number of carbonyl (C=O) groups excluding carboxylic acids is 5. The molecule has 3 aromatic carbocycles. The molecule has 2 atom stereocenters. The van der Waals surface area contributed by atoms with Crippen molar-refractivity contribution < 1.29 is 33.1 Å². The number of Topliss-reactive ketones (excluding diaryl/α,β-unsaturated/α-hetero) is 2. The summed E-state index contributed by atoms with van der Waals surface area (Å²) in [6.07, 6.45) is 0.586. The molecule has 3 heterocycles. The van der Waals surface area contributed by atoms with Gasteiger partial charge in [0.25, 0.3) is 17.7 Å². The summed E-state index contributed by atoms with van der Waals surface area (Å²) >= 11 is 6.25. The van der Waals surface area contributed by atoms with Gasteiger partial charge in [0.15, 0.2) is 5.78 Å². The number of carbonyl (C=O) groups is 5. The number of rotatable bonds is 9. The van der Waals surface area contributed by atoms with Crippen LogP contribution in [0.4, 0.5) is 15.8 Å². The summed E-state index contributed by atoms with van der Waals surface area (Å²) in [5.74, 6) is -1.80. The molecule has 2 saturated carbocycles. The molecule has 0 bridgehead atoms. The molecule has 5 aliphatic rings. The number of anilines is 2.